The lowest BCUT2D eigenvalue weighted by molar-refractivity contribution is 0.348. The van der Waals surface area contributed by atoms with Gasteiger partial charge >= 0.3 is 0 Å². The molecule has 0 nitrogen and oxygen atoms in total. The van der Waals surface area contributed by atoms with Gasteiger partial charge in [0.25, 0.3) is 0 Å². The topological polar surface area (TPSA) is 0 Å². The highest BCUT2D eigenvalue weighted by molar-refractivity contribution is 5.45. The van der Waals surface area contributed by atoms with Crippen molar-refractivity contribution in [3.05, 3.63) is 70.3 Å². The molecule has 0 amide bonds. The van der Waals surface area contributed by atoms with Gasteiger partial charge in [-0.05, 0) is 60.9 Å². The van der Waals surface area contributed by atoms with Crippen molar-refractivity contribution in [1.29, 1.82) is 0 Å². The third-order valence-corrected chi connectivity index (χ3v) is 5.01. The molecule has 1 aliphatic rings. The van der Waals surface area contributed by atoms with Gasteiger partial charge in [-0.2, -0.15) is 0 Å². The van der Waals surface area contributed by atoms with Gasteiger partial charge < -0.3 is 0 Å². The summed E-state index contributed by atoms with van der Waals surface area (Å²) in [6, 6.07) is 11.3. The molecule has 0 aromatic heterocycles. The summed E-state index contributed by atoms with van der Waals surface area (Å²) in [7, 11) is 0. The minimum atomic E-state index is -0.865. The summed E-state index contributed by atoms with van der Waals surface area (Å²) in [5, 5.41) is 0. The SMILES string of the molecule is Cc1ccc(C#Cc2ccc(C3CCC(C)CC3)cc2)c(F)c1F. The van der Waals surface area contributed by atoms with Crippen LogP contribution in [0.3, 0.4) is 0 Å². The molecular weight excluding hydrogens is 302 g/mol. The van der Waals surface area contributed by atoms with E-state index in [1.165, 1.54) is 37.3 Å². The maximum absolute atomic E-state index is 13.8. The van der Waals surface area contributed by atoms with Crippen LogP contribution in [0.5, 0.6) is 0 Å². The Labute approximate surface area is 142 Å². The number of benzene rings is 2. The van der Waals surface area contributed by atoms with Crippen molar-refractivity contribution in [2.45, 2.75) is 45.4 Å². The molecule has 1 fully saturated rings. The van der Waals surface area contributed by atoms with Gasteiger partial charge in [-0.3, -0.25) is 0 Å². The molecule has 0 heterocycles. The van der Waals surface area contributed by atoms with Crippen molar-refractivity contribution in [3.63, 3.8) is 0 Å². The molecule has 1 aliphatic carbocycles. The summed E-state index contributed by atoms with van der Waals surface area (Å²) < 4.78 is 27.4. The molecule has 1 saturated carbocycles. The van der Waals surface area contributed by atoms with Crippen molar-refractivity contribution in [1.82, 2.24) is 0 Å². The zero-order valence-corrected chi connectivity index (χ0v) is 14.2. The Bertz CT molecular complexity index is 770. The molecule has 0 atom stereocenters. The summed E-state index contributed by atoms with van der Waals surface area (Å²) in [6.45, 7) is 3.86. The van der Waals surface area contributed by atoms with Gasteiger partial charge in [0.1, 0.15) is 0 Å². The van der Waals surface area contributed by atoms with E-state index >= 15 is 0 Å². The van der Waals surface area contributed by atoms with Gasteiger partial charge in [0, 0.05) is 5.56 Å². The Morgan fingerprint density at radius 3 is 2.17 bits per heavy atom. The normalized spacial score (nSPS) is 20.3. The lowest BCUT2D eigenvalue weighted by Crippen LogP contribution is -2.10. The molecule has 0 unspecified atom stereocenters. The predicted octanol–water partition coefficient (Wildman–Crippen LogP) is 5.97. The zero-order valence-electron chi connectivity index (χ0n) is 14.2. The van der Waals surface area contributed by atoms with E-state index in [0.717, 1.165) is 11.5 Å². The van der Waals surface area contributed by atoms with Crippen molar-refractivity contribution in [2.24, 2.45) is 5.92 Å². The Balaban J connectivity index is 1.75. The average Bonchev–Trinajstić information content (AvgIpc) is 2.60. The fraction of sp³-hybridized carbons (Fsp3) is 0.364. The van der Waals surface area contributed by atoms with Crippen molar-refractivity contribution >= 4 is 0 Å². The van der Waals surface area contributed by atoms with Gasteiger partial charge in [0.05, 0.1) is 5.56 Å². The van der Waals surface area contributed by atoms with Gasteiger partial charge in [-0.15, -0.1) is 0 Å². The van der Waals surface area contributed by atoms with Crippen LogP contribution in [-0.2, 0) is 0 Å². The third-order valence-electron chi connectivity index (χ3n) is 5.01. The maximum Gasteiger partial charge on any atom is 0.174 e. The summed E-state index contributed by atoms with van der Waals surface area (Å²) >= 11 is 0. The second kappa shape index (κ2) is 7.18. The van der Waals surface area contributed by atoms with Crippen molar-refractivity contribution < 1.29 is 8.78 Å². The number of aryl methyl sites for hydroxylation is 1. The number of halogens is 2. The van der Waals surface area contributed by atoms with Crippen LogP contribution in [-0.4, -0.2) is 0 Å². The lowest BCUT2D eigenvalue weighted by atomic mass is 9.79. The fourth-order valence-corrected chi connectivity index (χ4v) is 3.31. The van der Waals surface area contributed by atoms with E-state index in [0.29, 0.717) is 11.5 Å². The first kappa shape index (κ1) is 16.7. The monoisotopic (exact) mass is 324 g/mol. The summed E-state index contributed by atoms with van der Waals surface area (Å²) in [5.74, 6) is 5.47. The van der Waals surface area contributed by atoms with Gasteiger partial charge in [0.15, 0.2) is 11.6 Å². The van der Waals surface area contributed by atoms with Crippen LogP contribution >= 0.6 is 0 Å². The maximum atomic E-state index is 13.8. The minimum absolute atomic E-state index is 0.100. The molecule has 2 aromatic carbocycles. The third kappa shape index (κ3) is 3.67. The molecule has 3 rings (SSSR count). The summed E-state index contributed by atoms with van der Waals surface area (Å²) in [5.41, 5.74) is 2.58. The number of hydrogen-bond acceptors (Lipinski definition) is 0. The standard InChI is InChI=1S/C22H22F2/c1-15-3-9-18(10-4-15)19-12-6-17(7-13-19)8-14-20-11-5-16(2)21(23)22(20)24/h5-7,11-13,15,18H,3-4,9-10H2,1-2H3. The molecule has 0 N–H and O–H groups in total. The molecule has 0 aliphatic heterocycles. The van der Waals surface area contributed by atoms with Crippen LogP contribution in [0.25, 0.3) is 0 Å². The second-order valence-corrected chi connectivity index (χ2v) is 6.89. The quantitative estimate of drug-likeness (QED) is 0.567. The van der Waals surface area contributed by atoms with Gasteiger partial charge in [0.2, 0.25) is 0 Å². The van der Waals surface area contributed by atoms with Gasteiger partial charge in [-0.25, -0.2) is 8.78 Å². The summed E-state index contributed by atoms with van der Waals surface area (Å²) in [4.78, 5) is 0. The molecule has 0 radical (unpaired) electrons. The zero-order chi connectivity index (χ0) is 17.1. The first-order valence-corrected chi connectivity index (χ1v) is 8.61. The number of hydrogen-bond donors (Lipinski definition) is 0. The van der Waals surface area contributed by atoms with Crippen molar-refractivity contribution in [2.75, 3.05) is 0 Å². The van der Waals surface area contributed by atoms with Crippen LogP contribution < -0.4 is 0 Å². The molecule has 124 valence electrons. The highest BCUT2D eigenvalue weighted by atomic mass is 19.2. The van der Waals surface area contributed by atoms with Crippen LogP contribution in [0.2, 0.25) is 0 Å². The second-order valence-electron chi connectivity index (χ2n) is 6.89. The molecule has 2 aromatic rings. The van der Waals surface area contributed by atoms with E-state index in [1.54, 1.807) is 13.0 Å². The molecule has 0 bridgehead atoms. The fourth-order valence-electron chi connectivity index (χ4n) is 3.31. The lowest BCUT2D eigenvalue weighted by Gasteiger charge is -2.26. The van der Waals surface area contributed by atoms with Crippen LogP contribution in [0.4, 0.5) is 8.78 Å². The highest BCUT2D eigenvalue weighted by Crippen LogP contribution is 2.35. The Hall–Kier alpha value is -2.14. The Morgan fingerprint density at radius 1 is 0.833 bits per heavy atom. The smallest absolute Gasteiger partial charge is 0.174 e. The minimum Gasteiger partial charge on any atom is -0.203 e. The van der Waals surface area contributed by atoms with Crippen LogP contribution in [0, 0.1) is 36.3 Å². The van der Waals surface area contributed by atoms with E-state index in [9.17, 15) is 8.78 Å². The van der Waals surface area contributed by atoms with E-state index < -0.39 is 11.6 Å². The van der Waals surface area contributed by atoms with Crippen molar-refractivity contribution in [3.8, 4) is 11.8 Å². The predicted molar refractivity (Wildman–Crippen MR) is 93.9 cm³/mol. The van der Waals surface area contributed by atoms with Crippen LogP contribution in [0.15, 0.2) is 36.4 Å². The average molecular weight is 324 g/mol. The molecule has 2 heteroatoms. The van der Waals surface area contributed by atoms with E-state index in [1.807, 2.05) is 12.1 Å². The first-order chi connectivity index (χ1) is 11.5. The molecule has 0 spiro atoms. The Kier molecular flexibility index (Phi) is 5.00. The van der Waals surface area contributed by atoms with E-state index in [4.69, 9.17) is 0 Å². The van der Waals surface area contributed by atoms with Gasteiger partial charge in [-0.1, -0.05) is 49.8 Å². The first-order valence-electron chi connectivity index (χ1n) is 8.61. The summed E-state index contributed by atoms with van der Waals surface area (Å²) in [6.07, 6.45) is 5.09. The van der Waals surface area contributed by atoms with E-state index in [-0.39, 0.29) is 5.56 Å². The molecule has 24 heavy (non-hydrogen) atoms. The van der Waals surface area contributed by atoms with E-state index in [2.05, 4.69) is 30.9 Å². The number of rotatable bonds is 1. The molecule has 0 saturated heterocycles. The largest absolute Gasteiger partial charge is 0.203 e. The highest BCUT2D eigenvalue weighted by Gasteiger charge is 2.19. The Morgan fingerprint density at radius 2 is 1.50 bits per heavy atom. The van der Waals surface area contributed by atoms with Crippen LogP contribution in [0.1, 0.15) is 60.8 Å². The molecular formula is C22H22F2.